The van der Waals surface area contributed by atoms with Crippen molar-refractivity contribution in [3.05, 3.63) is 71.4 Å². The highest BCUT2D eigenvalue weighted by molar-refractivity contribution is 5.99. The molecular formula is C24H21F3N4O3. The molecular weight excluding hydrogens is 449 g/mol. The maximum Gasteiger partial charge on any atom is 0.416 e. The van der Waals surface area contributed by atoms with Crippen LogP contribution in [0.3, 0.4) is 0 Å². The molecule has 3 aromatic rings. The number of hydrogen-bond donors (Lipinski definition) is 2. The number of para-hydroxylation sites is 1. The molecule has 0 unspecified atom stereocenters. The molecule has 0 bridgehead atoms. The second kappa shape index (κ2) is 8.19. The van der Waals surface area contributed by atoms with E-state index in [1.807, 2.05) is 30.5 Å². The van der Waals surface area contributed by atoms with Crippen LogP contribution in [0.1, 0.15) is 21.5 Å². The summed E-state index contributed by atoms with van der Waals surface area (Å²) in [6.45, 7) is 0.347. The molecule has 34 heavy (non-hydrogen) atoms. The van der Waals surface area contributed by atoms with Gasteiger partial charge in [-0.3, -0.25) is 14.4 Å². The molecule has 2 N–H and O–H groups in total. The fourth-order valence-electron chi connectivity index (χ4n) is 4.63. The molecule has 2 fully saturated rings. The van der Waals surface area contributed by atoms with E-state index in [2.05, 4.69) is 10.3 Å². The number of alkyl halides is 3. The molecule has 5 rings (SSSR count). The summed E-state index contributed by atoms with van der Waals surface area (Å²) in [6, 6.07) is 10.1. The van der Waals surface area contributed by atoms with Crippen LogP contribution < -0.4 is 5.32 Å². The van der Waals surface area contributed by atoms with Gasteiger partial charge in [0, 0.05) is 42.2 Å². The quantitative estimate of drug-likeness (QED) is 0.617. The first-order valence-electron chi connectivity index (χ1n) is 10.8. The summed E-state index contributed by atoms with van der Waals surface area (Å²) in [5, 5.41) is 3.77. The smallest absolute Gasteiger partial charge is 0.361 e. The van der Waals surface area contributed by atoms with Crippen LogP contribution >= 0.6 is 0 Å². The van der Waals surface area contributed by atoms with Crippen molar-refractivity contribution in [1.29, 1.82) is 0 Å². The summed E-state index contributed by atoms with van der Waals surface area (Å²) < 4.78 is 38.4. The molecule has 3 heterocycles. The van der Waals surface area contributed by atoms with E-state index in [4.69, 9.17) is 0 Å². The molecule has 1 aromatic heterocycles. The van der Waals surface area contributed by atoms with Crippen molar-refractivity contribution in [3.63, 3.8) is 0 Å². The summed E-state index contributed by atoms with van der Waals surface area (Å²) in [5.41, 5.74) is 1.12. The van der Waals surface area contributed by atoms with Gasteiger partial charge < -0.3 is 20.1 Å². The minimum atomic E-state index is -4.49. The van der Waals surface area contributed by atoms with Crippen LogP contribution in [0.5, 0.6) is 0 Å². The van der Waals surface area contributed by atoms with Crippen molar-refractivity contribution in [2.24, 2.45) is 0 Å². The number of H-pyrrole nitrogens is 1. The number of piperazine rings is 2. The molecule has 2 saturated heterocycles. The van der Waals surface area contributed by atoms with Crippen molar-refractivity contribution >= 4 is 28.6 Å². The van der Waals surface area contributed by atoms with Crippen LogP contribution in [-0.4, -0.2) is 64.2 Å². The normalized spacial score (nSPS) is 20.9. The van der Waals surface area contributed by atoms with Gasteiger partial charge in [-0.05, 0) is 35.9 Å². The Labute approximate surface area is 192 Å². The maximum atomic E-state index is 13.1. The largest absolute Gasteiger partial charge is 0.416 e. The number of aromatic amines is 1. The number of carbonyl (C=O) groups excluding carboxylic acids is 3. The van der Waals surface area contributed by atoms with Crippen LogP contribution in [0, 0.1) is 0 Å². The van der Waals surface area contributed by atoms with Gasteiger partial charge in [-0.2, -0.15) is 13.2 Å². The molecule has 0 saturated carbocycles. The van der Waals surface area contributed by atoms with Gasteiger partial charge in [-0.25, -0.2) is 0 Å². The number of carbonyl (C=O) groups is 3. The van der Waals surface area contributed by atoms with Gasteiger partial charge in [0.15, 0.2) is 0 Å². The lowest BCUT2D eigenvalue weighted by atomic mass is 9.98. The fraction of sp³-hybridized carbons (Fsp3) is 0.292. The predicted molar refractivity (Wildman–Crippen MR) is 117 cm³/mol. The molecule has 2 aromatic carbocycles. The van der Waals surface area contributed by atoms with Crippen molar-refractivity contribution in [2.45, 2.75) is 24.7 Å². The van der Waals surface area contributed by atoms with Crippen LogP contribution in [0.25, 0.3) is 10.9 Å². The standard InChI is InChI=1S/C24H21F3N4O3/c25-24(26,27)16-7-5-14(6-8-16)22(33)30-9-10-31-20(13-30)21(32)29-19(23(31)34)11-15-12-28-18-4-2-1-3-17(15)18/h1-8,12,19-20,28H,9-11,13H2,(H,29,32)/t19-,20+/m0/s1. The van der Waals surface area contributed by atoms with E-state index < -0.39 is 29.7 Å². The SMILES string of the molecule is O=C1N[C@@H](Cc2c[nH]c3ccccc23)C(=O)N2CCN(C(=O)c3ccc(C(F)(F)F)cc3)C[C@H]12. The van der Waals surface area contributed by atoms with Gasteiger partial charge in [0.2, 0.25) is 11.8 Å². The number of amides is 3. The molecule has 0 spiro atoms. The average Bonchev–Trinajstić information content (AvgIpc) is 3.24. The van der Waals surface area contributed by atoms with E-state index in [1.165, 1.54) is 9.80 Å². The Bertz CT molecular complexity index is 1270. The number of fused-ring (bicyclic) bond motifs is 2. The predicted octanol–water partition coefficient (Wildman–Crippen LogP) is 2.58. The number of nitrogens with one attached hydrogen (secondary N) is 2. The first-order valence-corrected chi connectivity index (χ1v) is 10.8. The Morgan fingerprint density at radius 3 is 2.50 bits per heavy atom. The lowest BCUT2D eigenvalue weighted by molar-refractivity contribution is -0.152. The molecule has 2 aliphatic rings. The summed E-state index contributed by atoms with van der Waals surface area (Å²) in [4.78, 5) is 44.9. The van der Waals surface area contributed by atoms with Crippen molar-refractivity contribution in [1.82, 2.24) is 20.1 Å². The summed E-state index contributed by atoms with van der Waals surface area (Å²) >= 11 is 0. The van der Waals surface area contributed by atoms with Crippen molar-refractivity contribution in [3.8, 4) is 0 Å². The van der Waals surface area contributed by atoms with Crippen LogP contribution in [0.4, 0.5) is 13.2 Å². The van der Waals surface area contributed by atoms with Gasteiger partial charge >= 0.3 is 6.18 Å². The Morgan fingerprint density at radius 1 is 1.03 bits per heavy atom. The lowest BCUT2D eigenvalue weighted by Crippen LogP contribution is -2.70. The Hall–Kier alpha value is -3.82. The fourth-order valence-corrected chi connectivity index (χ4v) is 4.63. The van der Waals surface area contributed by atoms with Gasteiger partial charge in [0.05, 0.1) is 12.1 Å². The number of aromatic nitrogens is 1. The summed E-state index contributed by atoms with van der Waals surface area (Å²) in [6.07, 6.45) is -2.32. The third kappa shape index (κ3) is 3.89. The highest BCUT2D eigenvalue weighted by Crippen LogP contribution is 2.29. The molecule has 0 radical (unpaired) electrons. The molecule has 0 aliphatic carbocycles. The van der Waals surface area contributed by atoms with E-state index in [-0.39, 0.29) is 37.0 Å². The lowest BCUT2D eigenvalue weighted by Gasteiger charge is -2.45. The van der Waals surface area contributed by atoms with Crippen molar-refractivity contribution in [2.75, 3.05) is 19.6 Å². The van der Waals surface area contributed by atoms with E-state index in [9.17, 15) is 27.6 Å². The number of nitrogens with zero attached hydrogens (tertiary/aromatic N) is 2. The Balaban J connectivity index is 1.28. The molecule has 3 amide bonds. The zero-order valence-corrected chi connectivity index (χ0v) is 17.9. The molecule has 2 aliphatic heterocycles. The monoisotopic (exact) mass is 470 g/mol. The third-order valence-corrected chi connectivity index (χ3v) is 6.43. The minimum Gasteiger partial charge on any atom is -0.361 e. The number of halogens is 3. The first-order chi connectivity index (χ1) is 16.2. The zero-order chi connectivity index (χ0) is 24.0. The summed E-state index contributed by atoms with van der Waals surface area (Å²) in [5.74, 6) is -1.04. The van der Waals surface area contributed by atoms with Gasteiger partial charge in [-0.15, -0.1) is 0 Å². The second-order valence-corrected chi connectivity index (χ2v) is 8.50. The second-order valence-electron chi connectivity index (χ2n) is 8.50. The van der Waals surface area contributed by atoms with Crippen LogP contribution in [0.15, 0.2) is 54.7 Å². The minimum absolute atomic E-state index is 0.0166. The van der Waals surface area contributed by atoms with Gasteiger partial charge in [0.25, 0.3) is 5.91 Å². The number of benzene rings is 2. The average molecular weight is 470 g/mol. The van der Waals surface area contributed by atoms with E-state index in [1.54, 1.807) is 0 Å². The summed E-state index contributed by atoms with van der Waals surface area (Å²) in [7, 11) is 0. The maximum absolute atomic E-state index is 13.1. The number of hydrogen-bond acceptors (Lipinski definition) is 3. The molecule has 7 nitrogen and oxygen atoms in total. The Morgan fingerprint density at radius 2 is 1.76 bits per heavy atom. The molecule has 10 heteroatoms. The molecule has 2 atom stereocenters. The third-order valence-electron chi connectivity index (χ3n) is 6.43. The van der Waals surface area contributed by atoms with Gasteiger partial charge in [0.1, 0.15) is 12.1 Å². The van der Waals surface area contributed by atoms with Gasteiger partial charge in [-0.1, -0.05) is 18.2 Å². The van der Waals surface area contributed by atoms with Crippen molar-refractivity contribution < 1.29 is 27.6 Å². The van der Waals surface area contributed by atoms with E-state index >= 15 is 0 Å². The highest BCUT2D eigenvalue weighted by Gasteiger charge is 2.44. The number of rotatable bonds is 3. The van der Waals surface area contributed by atoms with Crippen LogP contribution in [-0.2, 0) is 22.2 Å². The van der Waals surface area contributed by atoms with Crippen LogP contribution in [0.2, 0.25) is 0 Å². The first kappa shape index (κ1) is 22.0. The highest BCUT2D eigenvalue weighted by atomic mass is 19.4. The topological polar surface area (TPSA) is 85.5 Å². The van der Waals surface area contributed by atoms with E-state index in [0.29, 0.717) is 6.42 Å². The molecule has 176 valence electrons. The zero-order valence-electron chi connectivity index (χ0n) is 17.9. The Kier molecular flexibility index (Phi) is 5.30. The van der Waals surface area contributed by atoms with E-state index in [0.717, 1.165) is 40.7 Å².